The van der Waals surface area contributed by atoms with E-state index < -0.39 is 0 Å². The molecule has 0 bridgehead atoms. The predicted molar refractivity (Wildman–Crippen MR) is 118 cm³/mol. The van der Waals surface area contributed by atoms with E-state index in [-0.39, 0.29) is 30.4 Å². The summed E-state index contributed by atoms with van der Waals surface area (Å²) in [6.45, 7) is 3.82. The number of carbonyl (C=O) groups excluding carboxylic acids is 2. The Morgan fingerprint density at radius 3 is 2.88 bits per heavy atom. The lowest BCUT2D eigenvalue weighted by Gasteiger charge is -2.26. The first-order valence-corrected chi connectivity index (χ1v) is 10.9. The van der Waals surface area contributed by atoms with Gasteiger partial charge in [0, 0.05) is 49.7 Å². The highest BCUT2D eigenvalue weighted by Gasteiger charge is 2.36. The van der Waals surface area contributed by atoms with E-state index in [1.54, 1.807) is 15.6 Å². The van der Waals surface area contributed by atoms with Crippen molar-refractivity contribution >= 4 is 17.5 Å². The molecule has 0 aliphatic carbocycles. The summed E-state index contributed by atoms with van der Waals surface area (Å²) in [7, 11) is 1.84. The van der Waals surface area contributed by atoms with Crippen LogP contribution < -0.4 is 10.2 Å². The number of morpholine rings is 1. The lowest BCUT2D eigenvalue weighted by Crippen LogP contribution is -2.46. The Hall–Kier alpha value is -3.46. The Kier molecular flexibility index (Phi) is 5.26. The van der Waals surface area contributed by atoms with Crippen LogP contribution in [0.15, 0.2) is 42.9 Å². The maximum atomic E-state index is 13.8. The number of aromatic nitrogens is 4. The Bertz CT molecular complexity index is 1170. The van der Waals surface area contributed by atoms with Gasteiger partial charge in [-0.3, -0.25) is 19.0 Å². The molecule has 2 amide bonds. The van der Waals surface area contributed by atoms with Gasteiger partial charge in [-0.05, 0) is 25.0 Å². The van der Waals surface area contributed by atoms with Crippen molar-refractivity contribution in [3.8, 4) is 11.3 Å². The van der Waals surface area contributed by atoms with E-state index in [0.29, 0.717) is 31.0 Å². The minimum Gasteiger partial charge on any atom is -0.370 e. The van der Waals surface area contributed by atoms with E-state index >= 15 is 0 Å². The van der Waals surface area contributed by atoms with Gasteiger partial charge in [-0.2, -0.15) is 10.2 Å². The fraction of sp³-hybridized carbons (Fsp3) is 0.391. The first-order chi connectivity index (χ1) is 15.5. The van der Waals surface area contributed by atoms with Crippen molar-refractivity contribution in [3.05, 3.63) is 54.0 Å². The number of rotatable bonds is 5. The van der Waals surface area contributed by atoms with Gasteiger partial charge in [0.2, 0.25) is 5.91 Å². The van der Waals surface area contributed by atoms with Crippen LogP contribution in [-0.4, -0.2) is 57.2 Å². The van der Waals surface area contributed by atoms with Crippen LogP contribution in [0.25, 0.3) is 11.3 Å². The standard InChI is InChI=1S/C23H26N6O3/c1-3-28-12-19(22(26-28)16-9-24-27(2)10-16)23(31)29-11-15(18-6-4-5-7-20(18)29)8-17-13-32-14-21(30)25-17/h4-7,9-10,12,15,17H,3,8,11,13-14H2,1-2H3,(H,25,30). The van der Waals surface area contributed by atoms with Crippen molar-refractivity contribution in [1.82, 2.24) is 24.9 Å². The van der Waals surface area contributed by atoms with Gasteiger partial charge in [-0.15, -0.1) is 0 Å². The fourth-order valence-electron chi connectivity index (χ4n) is 4.61. The largest absolute Gasteiger partial charge is 0.370 e. The quantitative estimate of drug-likeness (QED) is 0.663. The highest BCUT2D eigenvalue weighted by Crippen LogP contribution is 2.40. The van der Waals surface area contributed by atoms with E-state index in [9.17, 15) is 9.59 Å². The summed E-state index contributed by atoms with van der Waals surface area (Å²) in [5.41, 5.74) is 4.04. The summed E-state index contributed by atoms with van der Waals surface area (Å²) < 4.78 is 8.89. The Labute approximate surface area is 186 Å². The Balaban J connectivity index is 1.46. The van der Waals surface area contributed by atoms with Gasteiger partial charge in [0.1, 0.15) is 12.3 Å². The smallest absolute Gasteiger partial charge is 0.262 e. The minimum absolute atomic E-state index is 0.0573. The second-order valence-electron chi connectivity index (χ2n) is 8.34. The van der Waals surface area contributed by atoms with E-state index in [1.165, 1.54) is 0 Å². The maximum Gasteiger partial charge on any atom is 0.262 e. The molecule has 1 saturated heterocycles. The van der Waals surface area contributed by atoms with Gasteiger partial charge < -0.3 is 15.0 Å². The molecular weight excluding hydrogens is 408 g/mol. The molecule has 2 aliphatic rings. The molecule has 2 unspecified atom stereocenters. The third-order valence-electron chi connectivity index (χ3n) is 6.10. The molecule has 1 fully saturated rings. The molecule has 2 atom stereocenters. The molecule has 9 nitrogen and oxygen atoms in total. The second-order valence-corrected chi connectivity index (χ2v) is 8.34. The molecule has 32 heavy (non-hydrogen) atoms. The van der Waals surface area contributed by atoms with Crippen LogP contribution in [-0.2, 0) is 23.1 Å². The molecule has 5 rings (SSSR count). The van der Waals surface area contributed by atoms with Crippen molar-refractivity contribution < 1.29 is 14.3 Å². The van der Waals surface area contributed by atoms with E-state index in [4.69, 9.17) is 4.74 Å². The Morgan fingerprint density at radius 2 is 2.12 bits per heavy atom. The molecule has 0 radical (unpaired) electrons. The van der Waals surface area contributed by atoms with Crippen molar-refractivity contribution in [2.75, 3.05) is 24.7 Å². The van der Waals surface area contributed by atoms with Gasteiger partial charge in [0.05, 0.1) is 24.4 Å². The number of ether oxygens (including phenoxy) is 1. The number of hydrogen-bond donors (Lipinski definition) is 1. The maximum absolute atomic E-state index is 13.8. The highest BCUT2D eigenvalue weighted by atomic mass is 16.5. The van der Waals surface area contributed by atoms with Crippen LogP contribution in [0.3, 0.4) is 0 Å². The third kappa shape index (κ3) is 3.69. The molecule has 1 aromatic carbocycles. The SMILES string of the molecule is CCn1cc(C(=O)N2CC(CC3COCC(=O)N3)c3ccccc32)c(-c2cnn(C)c2)n1. The number of para-hydroxylation sites is 1. The van der Waals surface area contributed by atoms with Crippen LogP contribution in [0.1, 0.15) is 35.2 Å². The molecule has 0 spiro atoms. The molecule has 0 saturated carbocycles. The van der Waals surface area contributed by atoms with Gasteiger partial charge in [-0.25, -0.2) is 0 Å². The lowest BCUT2D eigenvalue weighted by molar-refractivity contribution is -0.131. The van der Waals surface area contributed by atoms with E-state index in [2.05, 4.69) is 21.6 Å². The normalized spacial score (nSPS) is 20.3. The first kappa shape index (κ1) is 20.4. The summed E-state index contributed by atoms with van der Waals surface area (Å²) in [6, 6.07) is 7.93. The highest BCUT2D eigenvalue weighted by molar-refractivity contribution is 6.10. The second kappa shape index (κ2) is 8.23. The number of nitrogens with zero attached hydrogens (tertiary/aromatic N) is 5. The molecule has 166 valence electrons. The molecule has 4 heterocycles. The number of carbonyl (C=O) groups is 2. The van der Waals surface area contributed by atoms with E-state index in [1.807, 2.05) is 49.5 Å². The number of anilines is 1. The number of fused-ring (bicyclic) bond motifs is 1. The number of benzene rings is 1. The van der Waals surface area contributed by atoms with Crippen molar-refractivity contribution in [3.63, 3.8) is 0 Å². The summed E-state index contributed by atoms with van der Waals surface area (Å²) >= 11 is 0. The topological polar surface area (TPSA) is 94.3 Å². The molecular formula is C23H26N6O3. The predicted octanol–water partition coefficient (Wildman–Crippen LogP) is 1.95. The summed E-state index contributed by atoms with van der Waals surface area (Å²) in [6.07, 6.45) is 6.13. The molecule has 9 heteroatoms. The monoisotopic (exact) mass is 434 g/mol. The van der Waals surface area contributed by atoms with Crippen LogP contribution in [0.4, 0.5) is 5.69 Å². The molecule has 1 N–H and O–H groups in total. The van der Waals surface area contributed by atoms with Crippen molar-refractivity contribution in [2.45, 2.75) is 31.8 Å². The fourth-order valence-corrected chi connectivity index (χ4v) is 4.61. The summed E-state index contributed by atoms with van der Waals surface area (Å²) in [4.78, 5) is 27.4. The zero-order valence-electron chi connectivity index (χ0n) is 18.2. The minimum atomic E-state index is -0.0893. The summed E-state index contributed by atoms with van der Waals surface area (Å²) in [5, 5.41) is 11.9. The number of hydrogen-bond acceptors (Lipinski definition) is 5. The molecule has 2 aromatic heterocycles. The first-order valence-electron chi connectivity index (χ1n) is 10.9. The van der Waals surface area contributed by atoms with Crippen molar-refractivity contribution in [2.24, 2.45) is 7.05 Å². The number of amides is 2. The van der Waals surface area contributed by atoms with Gasteiger partial charge >= 0.3 is 0 Å². The average molecular weight is 435 g/mol. The van der Waals surface area contributed by atoms with Gasteiger partial charge in [-0.1, -0.05) is 18.2 Å². The molecule has 2 aliphatic heterocycles. The van der Waals surface area contributed by atoms with Crippen LogP contribution in [0.2, 0.25) is 0 Å². The number of aryl methyl sites for hydroxylation is 2. The average Bonchev–Trinajstić information content (AvgIpc) is 3.50. The van der Waals surface area contributed by atoms with Crippen molar-refractivity contribution in [1.29, 1.82) is 0 Å². The number of nitrogens with one attached hydrogen (secondary N) is 1. The summed E-state index contributed by atoms with van der Waals surface area (Å²) in [5.74, 6) is -0.0544. The van der Waals surface area contributed by atoms with Gasteiger partial charge in [0.15, 0.2) is 0 Å². The zero-order chi connectivity index (χ0) is 22.2. The third-order valence-corrected chi connectivity index (χ3v) is 6.10. The zero-order valence-corrected chi connectivity index (χ0v) is 18.2. The van der Waals surface area contributed by atoms with Crippen LogP contribution in [0.5, 0.6) is 0 Å². The molecule has 3 aromatic rings. The lowest BCUT2D eigenvalue weighted by atomic mass is 9.94. The van der Waals surface area contributed by atoms with E-state index in [0.717, 1.165) is 23.2 Å². The van der Waals surface area contributed by atoms with Crippen LogP contribution in [0, 0.1) is 0 Å². The van der Waals surface area contributed by atoms with Crippen LogP contribution >= 0.6 is 0 Å². The van der Waals surface area contributed by atoms with Gasteiger partial charge in [0.25, 0.3) is 5.91 Å². The Morgan fingerprint density at radius 1 is 1.28 bits per heavy atom.